The van der Waals surface area contributed by atoms with Crippen LogP contribution in [0.1, 0.15) is 47.7 Å². The minimum absolute atomic E-state index is 0.533. The van der Waals surface area contributed by atoms with E-state index in [9.17, 15) is 4.79 Å². The molecule has 2 aromatic heterocycles. The lowest BCUT2D eigenvalue weighted by Crippen LogP contribution is -2.00. The fourth-order valence-corrected chi connectivity index (χ4v) is 2.29. The van der Waals surface area contributed by atoms with Gasteiger partial charge < -0.3 is 4.57 Å². The fourth-order valence-electron chi connectivity index (χ4n) is 2.29. The van der Waals surface area contributed by atoms with E-state index in [1.54, 1.807) is 0 Å². The molecule has 2 aromatic rings. The number of hydrogen-bond donors (Lipinski definition) is 0. The van der Waals surface area contributed by atoms with Crippen LogP contribution in [0.5, 0.6) is 0 Å². The summed E-state index contributed by atoms with van der Waals surface area (Å²) < 4.78 is 2.15. The molecule has 2 heterocycles. The molecule has 0 spiro atoms. The molecule has 0 aromatic carbocycles. The van der Waals surface area contributed by atoms with Gasteiger partial charge in [-0.2, -0.15) is 0 Å². The zero-order valence-corrected chi connectivity index (χ0v) is 10.1. The Morgan fingerprint density at radius 3 is 2.82 bits per heavy atom. The molecular weight excluding hydrogens is 214 g/mol. The second-order valence-corrected chi connectivity index (χ2v) is 4.62. The summed E-state index contributed by atoms with van der Waals surface area (Å²) in [6, 6.07) is 0.533. The summed E-state index contributed by atoms with van der Waals surface area (Å²) in [7, 11) is 0. The molecule has 1 fully saturated rings. The molecule has 0 aliphatic heterocycles. The molecule has 0 bridgehead atoms. The lowest BCUT2D eigenvalue weighted by Gasteiger charge is -2.04. The zero-order valence-electron chi connectivity index (χ0n) is 10.1. The largest absolute Gasteiger partial charge is 0.329 e. The third kappa shape index (κ3) is 1.55. The van der Waals surface area contributed by atoms with Crippen molar-refractivity contribution in [1.82, 2.24) is 14.5 Å². The van der Waals surface area contributed by atoms with Gasteiger partial charge in [-0.25, -0.2) is 9.97 Å². The highest BCUT2D eigenvalue weighted by Crippen LogP contribution is 2.38. The average molecular weight is 229 g/mol. The molecule has 88 valence electrons. The summed E-state index contributed by atoms with van der Waals surface area (Å²) in [5.41, 5.74) is 2.55. The highest BCUT2D eigenvalue weighted by Gasteiger charge is 2.27. The standard InChI is InChI=1S/C13H15N3O/c1-3-11-14-8(2)12-9(7-17)6-16(10-4-5-10)13(12)15-11/h6-7,10H,3-5H2,1-2H3. The molecule has 1 saturated carbocycles. The smallest absolute Gasteiger partial charge is 0.152 e. The molecule has 3 rings (SSSR count). The van der Waals surface area contributed by atoms with Crippen molar-refractivity contribution in [3.63, 3.8) is 0 Å². The molecule has 4 nitrogen and oxygen atoms in total. The van der Waals surface area contributed by atoms with Crippen molar-refractivity contribution in [1.29, 1.82) is 0 Å². The van der Waals surface area contributed by atoms with Crippen LogP contribution in [0.4, 0.5) is 0 Å². The Labute approximate surface area is 99.7 Å². The summed E-state index contributed by atoms with van der Waals surface area (Å²) in [6.07, 6.45) is 6.03. The Kier molecular flexibility index (Phi) is 2.24. The van der Waals surface area contributed by atoms with Crippen LogP contribution in [0.25, 0.3) is 11.0 Å². The topological polar surface area (TPSA) is 47.8 Å². The van der Waals surface area contributed by atoms with E-state index in [0.29, 0.717) is 11.6 Å². The molecule has 0 radical (unpaired) electrons. The van der Waals surface area contributed by atoms with E-state index in [1.165, 1.54) is 12.8 Å². The second kappa shape index (κ2) is 3.65. The van der Waals surface area contributed by atoms with Crippen molar-refractivity contribution >= 4 is 17.3 Å². The Bertz CT molecular complexity index is 596. The van der Waals surface area contributed by atoms with E-state index in [1.807, 2.05) is 20.0 Å². The maximum atomic E-state index is 11.1. The highest BCUT2D eigenvalue weighted by molar-refractivity contribution is 5.97. The van der Waals surface area contributed by atoms with Crippen LogP contribution in [-0.4, -0.2) is 20.8 Å². The maximum absolute atomic E-state index is 11.1. The van der Waals surface area contributed by atoms with Crippen LogP contribution in [0.3, 0.4) is 0 Å². The van der Waals surface area contributed by atoms with E-state index in [2.05, 4.69) is 14.5 Å². The number of hydrogen-bond acceptors (Lipinski definition) is 3. The molecule has 0 amide bonds. The first-order valence-corrected chi connectivity index (χ1v) is 6.07. The Morgan fingerprint density at radius 1 is 1.47 bits per heavy atom. The van der Waals surface area contributed by atoms with E-state index < -0.39 is 0 Å². The molecule has 0 atom stereocenters. The van der Waals surface area contributed by atoms with Gasteiger partial charge in [0.2, 0.25) is 0 Å². The lowest BCUT2D eigenvalue weighted by molar-refractivity contribution is 0.112. The number of fused-ring (bicyclic) bond motifs is 1. The van der Waals surface area contributed by atoms with Gasteiger partial charge in [-0.3, -0.25) is 4.79 Å². The number of aromatic nitrogens is 3. The van der Waals surface area contributed by atoms with Gasteiger partial charge in [0.05, 0.1) is 11.1 Å². The van der Waals surface area contributed by atoms with Gasteiger partial charge in [0, 0.05) is 24.2 Å². The summed E-state index contributed by atoms with van der Waals surface area (Å²) in [4.78, 5) is 20.1. The van der Waals surface area contributed by atoms with E-state index in [4.69, 9.17) is 0 Å². The summed E-state index contributed by atoms with van der Waals surface area (Å²) in [5.74, 6) is 0.854. The van der Waals surface area contributed by atoms with Gasteiger partial charge >= 0.3 is 0 Å². The molecule has 0 saturated heterocycles. The Balaban J connectivity index is 2.34. The predicted octanol–water partition coefficient (Wildman–Crippen LogP) is 2.45. The number of aryl methyl sites for hydroxylation is 2. The third-order valence-electron chi connectivity index (χ3n) is 3.31. The normalized spacial score (nSPS) is 15.4. The number of rotatable bonds is 3. The van der Waals surface area contributed by atoms with Crippen molar-refractivity contribution in [3.05, 3.63) is 23.3 Å². The van der Waals surface area contributed by atoms with E-state index in [-0.39, 0.29) is 0 Å². The summed E-state index contributed by atoms with van der Waals surface area (Å²) in [6.45, 7) is 4.00. The minimum Gasteiger partial charge on any atom is -0.329 e. The van der Waals surface area contributed by atoms with Crippen molar-refractivity contribution in [2.24, 2.45) is 0 Å². The summed E-state index contributed by atoms with van der Waals surface area (Å²) >= 11 is 0. The van der Waals surface area contributed by atoms with Crippen molar-refractivity contribution in [2.75, 3.05) is 0 Å². The Hall–Kier alpha value is -1.71. The molecular formula is C13H15N3O. The van der Waals surface area contributed by atoms with Crippen LogP contribution in [0.2, 0.25) is 0 Å². The van der Waals surface area contributed by atoms with E-state index >= 15 is 0 Å². The number of carbonyl (C=O) groups excluding carboxylic acids is 1. The summed E-state index contributed by atoms with van der Waals surface area (Å²) in [5, 5.41) is 0.920. The van der Waals surface area contributed by atoms with Crippen LogP contribution in [0.15, 0.2) is 6.20 Å². The molecule has 0 unspecified atom stereocenters. The number of aldehydes is 1. The van der Waals surface area contributed by atoms with Crippen molar-refractivity contribution in [3.8, 4) is 0 Å². The minimum atomic E-state index is 0.533. The van der Waals surface area contributed by atoms with E-state index in [0.717, 1.165) is 35.3 Å². The van der Waals surface area contributed by atoms with Crippen molar-refractivity contribution < 1.29 is 4.79 Å². The Morgan fingerprint density at radius 2 is 2.24 bits per heavy atom. The second-order valence-electron chi connectivity index (χ2n) is 4.62. The third-order valence-corrected chi connectivity index (χ3v) is 3.31. The quantitative estimate of drug-likeness (QED) is 0.759. The van der Waals surface area contributed by atoms with Gasteiger partial charge in [0.1, 0.15) is 11.5 Å². The van der Waals surface area contributed by atoms with Crippen molar-refractivity contribution in [2.45, 2.75) is 39.2 Å². The van der Waals surface area contributed by atoms with Gasteiger partial charge in [0.25, 0.3) is 0 Å². The first-order chi connectivity index (χ1) is 8.24. The van der Waals surface area contributed by atoms with Crippen LogP contribution in [0, 0.1) is 6.92 Å². The van der Waals surface area contributed by atoms with Crippen LogP contribution >= 0.6 is 0 Å². The van der Waals surface area contributed by atoms with Gasteiger partial charge in [-0.1, -0.05) is 6.92 Å². The van der Waals surface area contributed by atoms with Gasteiger partial charge in [0.15, 0.2) is 6.29 Å². The molecule has 4 heteroatoms. The SMILES string of the molecule is CCc1nc(C)c2c(C=O)cn(C3CC3)c2n1. The first kappa shape index (κ1) is 10.4. The fraction of sp³-hybridized carbons (Fsp3) is 0.462. The van der Waals surface area contributed by atoms with Crippen LogP contribution in [-0.2, 0) is 6.42 Å². The average Bonchev–Trinajstić information content (AvgIpc) is 3.10. The molecule has 0 N–H and O–H groups in total. The van der Waals surface area contributed by atoms with Gasteiger partial charge in [-0.15, -0.1) is 0 Å². The molecule has 1 aliphatic rings. The first-order valence-electron chi connectivity index (χ1n) is 6.07. The van der Waals surface area contributed by atoms with Crippen LogP contribution < -0.4 is 0 Å². The molecule has 17 heavy (non-hydrogen) atoms. The predicted molar refractivity (Wildman–Crippen MR) is 65.3 cm³/mol. The number of nitrogens with zero attached hydrogens (tertiary/aromatic N) is 3. The molecule has 1 aliphatic carbocycles. The highest BCUT2D eigenvalue weighted by atomic mass is 16.1. The number of carbonyl (C=O) groups is 1. The maximum Gasteiger partial charge on any atom is 0.152 e. The lowest BCUT2D eigenvalue weighted by atomic mass is 10.2. The zero-order chi connectivity index (χ0) is 12.0. The monoisotopic (exact) mass is 229 g/mol. The van der Waals surface area contributed by atoms with Gasteiger partial charge in [-0.05, 0) is 19.8 Å².